The molecule has 2 aromatic rings. The van der Waals surface area contributed by atoms with E-state index in [1.165, 1.54) is 12.0 Å². The van der Waals surface area contributed by atoms with Crippen LogP contribution in [0.2, 0.25) is 0 Å². The molecule has 33 heavy (non-hydrogen) atoms. The first kappa shape index (κ1) is 24.8. The minimum absolute atomic E-state index is 0.00914. The van der Waals surface area contributed by atoms with E-state index in [1.807, 2.05) is 36.4 Å². The Bertz CT molecular complexity index is 891. The number of piperidine rings is 1. The van der Waals surface area contributed by atoms with Crippen molar-refractivity contribution in [2.24, 2.45) is 5.92 Å². The molecule has 2 N–H and O–H groups in total. The minimum Gasteiger partial charge on any atom is -0.371 e. The van der Waals surface area contributed by atoms with E-state index in [0.717, 1.165) is 63.7 Å². The van der Waals surface area contributed by atoms with Gasteiger partial charge in [0.05, 0.1) is 5.56 Å². The predicted molar refractivity (Wildman–Crippen MR) is 137 cm³/mol. The number of hydrogen-bond acceptors (Lipinski definition) is 3. The number of carbonyl (C=O) groups excluding carboxylic acids is 2. The van der Waals surface area contributed by atoms with E-state index < -0.39 is 0 Å². The van der Waals surface area contributed by atoms with Crippen LogP contribution in [0.1, 0.15) is 74.7 Å². The molecule has 5 heteroatoms. The second-order valence-corrected chi connectivity index (χ2v) is 9.01. The lowest BCUT2D eigenvalue weighted by molar-refractivity contribution is -0.120. The zero-order valence-electron chi connectivity index (χ0n) is 20.2. The van der Waals surface area contributed by atoms with E-state index in [2.05, 4.69) is 41.5 Å². The van der Waals surface area contributed by atoms with Crippen LogP contribution >= 0.6 is 0 Å². The average molecular weight is 450 g/mol. The predicted octanol–water partition coefficient (Wildman–Crippen LogP) is 5.80. The average Bonchev–Trinajstić information content (AvgIpc) is 2.85. The van der Waals surface area contributed by atoms with Crippen molar-refractivity contribution in [1.29, 1.82) is 0 Å². The molecule has 178 valence electrons. The summed E-state index contributed by atoms with van der Waals surface area (Å²) in [6.45, 7) is 6.71. The molecule has 1 fully saturated rings. The lowest BCUT2D eigenvalue weighted by Crippen LogP contribution is -2.33. The van der Waals surface area contributed by atoms with Crippen LogP contribution in [0.25, 0.3) is 0 Å². The molecule has 0 saturated carbocycles. The Morgan fingerprint density at radius 3 is 2.45 bits per heavy atom. The van der Waals surface area contributed by atoms with Gasteiger partial charge in [-0.05, 0) is 62.3 Å². The Morgan fingerprint density at radius 1 is 1.00 bits per heavy atom. The van der Waals surface area contributed by atoms with Crippen molar-refractivity contribution < 1.29 is 9.59 Å². The van der Waals surface area contributed by atoms with Gasteiger partial charge in [0.2, 0.25) is 5.91 Å². The summed E-state index contributed by atoms with van der Waals surface area (Å²) in [6, 6.07) is 16.0. The lowest BCUT2D eigenvalue weighted by atomic mass is 9.98. The largest absolute Gasteiger partial charge is 0.371 e. The van der Waals surface area contributed by atoms with Crippen LogP contribution in [0.3, 0.4) is 0 Å². The van der Waals surface area contributed by atoms with E-state index in [4.69, 9.17) is 0 Å². The number of rotatable bonds is 11. The third-order valence-corrected chi connectivity index (χ3v) is 6.52. The number of amides is 2. The van der Waals surface area contributed by atoms with Crippen LogP contribution in [-0.4, -0.2) is 31.4 Å². The van der Waals surface area contributed by atoms with Crippen molar-refractivity contribution in [2.45, 2.75) is 65.2 Å². The molecule has 2 aromatic carbocycles. The number of carbonyl (C=O) groups is 2. The molecule has 0 aromatic heterocycles. The minimum atomic E-state index is -0.0828. The summed E-state index contributed by atoms with van der Waals surface area (Å²) in [6.07, 6.45) is 8.17. The molecule has 3 rings (SSSR count). The molecule has 0 spiro atoms. The summed E-state index contributed by atoms with van der Waals surface area (Å²) in [7, 11) is 0. The smallest absolute Gasteiger partial charge is 0.253 e. The maximum Gasteiger partial charge on any atom is 0.253 e. The first-order chi connectivity index (χ1) is 16.1. The van der Waals surface area contributed by atoms with Gasteiger partial charge in [0.15, 0.2) is 0 Å². The molecule has 1 atom stereocenters. The molecule has 1 aliphatic rings. The Hall–Kier alpha value is -2.82. The van der Waals surface area contributed by atoms with Gasteiger partial charge in [-0.3, -0.25) is 9.59 Å². The van der Waals surface area contributed by atoms with E-state index in [1.54, 1.807) is 0 Å². The summed E-state index contributed by atoms with van der Waals surface area (Å²) >= 11 is 0. The van der Waals surface area contributed by atoms with Crippen LogP contribution < -0.4 is 15.5 Å². The first-order valence-corrected chi connectivity index (χ1v) is 12.6. The number of unbranched alkanes of at least 4 members (excludes halogenated alkanes) is 1. The molecule has 0 aliphatic carbocycles. The van der Waals surface area contributed by atoms with Gasteiger partial charge in [-0.2, -0.15) is 0 Å². The maximum atomic E-state index is 13.2. The summed E-state index contributed by atoms with van der Waals surface area (Å²) in [4.78, 5) is 28.3. The zero-order valence-corrected chi connectivity index (χ0v) is 20.2. The Morgan fingerprint density at radius 2 is 1.76 bits per heavy atom. The van der Waals surface area contributed by atoms with Crippen LogP contribution in [-0.2, 0) is 11.2 Å². The zero-order chi connectivity index (χ0) is 23.5. The van der Waals surface area contributed by atoms with E-state index >= 15 is 0 Å². The molecule has 1 saturated heterocycles. The molecule has 1 heterocycles. The molecule has 1 unspecified atom stereocenters. The Labute approximate surface area is 199 Å². The summed E-state index contributed by atoms with van der Waals surface area (Å²) in [5, 5.41) is 6.16. The Kier molecular flexibility index (Phi) is 9.79. The van der Waals surface area contributed by atoms with Crippen molar-refractivity contribution in [3.05, 3.63) is 59.7 Å². The van der Waals surface area contributed by atoms with Crippen LogP contribution in [0.15, 0.2) is 48.5 Å². The van der Waals surface area contributed by atoms with Crippen molar-refractivity contribution >= 4 is 23.2 Å². The number of hydrogen-bond donors (Lipinski definition) is 2. The van der Waals surface area contributed by atoms with Gasteiger partial charge < -0.3 is 15.5 Å². The van der Waals surface area contributed by atoms with Crippen LogP contribution in [0, 0.1) is 5.92 Å². The summed E-state index contributed by atoms with van der Waals surface area (Å²) in [5.74, 6) is -0.0254. The van der Waals surface area contributed by atoms with Gasteiger partial charge in [-0.15, -0.1) is 0 Å². The molecule has 1 aliphatic heterocycles. The quantitative estimate of drug-likeness (QED) is 0.455. The lowest BCUT2D eigenvalue weighted by Gasteiger charge is -2.30. The fraction of sp³-hybridized carbons (Fsp3) is 0.500. The van der Waals surface area contributed by atoms with Gasteiger partial charge in [-0.25, -0.2) is 0 Å². The van der Waals surface area contributed by atoms with E-state index in [-0.39, 0.29) is 17.7 Å². The molecule has 5 nitrogen and oxygen atoms in total. The topological polar surface area (TPSA) is 61.4 Å². The highest BCUT2D eigenvalue weighted by molar-refractivity contribution is 6.02. The molecule has 2 amide bonds. The maximum absolute atomic E-state index is 13.2. The fourth-order valence-corrected chi connectivity index (χ4v) is 4.48. The van der Waals surface area contributed by atoms with Gasteiger partial charge in [0.1, 0.15) is 0 Å². The van der Waals surface area contributed by atoms with Gasteiger partial charge in [0.25, 0.3) is 5.91 Å². The van der Waals surface area contributed by atoms with Gasteiger partial charge >= 0.3 is 0 Å². The number of nitrogens with one attached hydrogen (secondary N) is 2. The second-order valence-electron chi connectivity index (χ2n) is 9.01. The normalized spacial score (nSPS) is 14.5. The highest BCUT2D eigenvalue weighted by atomic mass is 16.2. The Balaban J connectivity index is 1.74. The molecular weight excluding hydrogens is 410 g/mol. The van der Waals surface area contributed by atoms with Crippen molar-refractivity contribution in [2.75, 3.05) is 29.9 Å². The third-order valence-electron chi connectivity index (χ3n) is 6.52. The van der Waals surface area contributed by atoms with Crippen molar-refractivity contribution in [3.63, 3.8) is 0 Å². The number of anilines is 2. The number of nitrogens with zero attached hydrogens (tertiary/aromatic N) is 1. The van der Waals surface area contributed by atoms with Crippen LogP contribution in [0.5, 0.6) is 0 Å². The monoisotopic (exact) mass is 449 g/mol. The van der Waals surface area contributed by atoms with Crippen molar-refractivity contribution in [1.82, 2.24) is 5.32 Å². The highest BCUT2D eigenvalue weighted by Gasteiger charge is 2.21. The summed E-state index contributed by atoms with van der Waals surface area (Å²) < 4.78 is 0. The standard InChI is InChI=1S/C28H39N3O2/c1-3-5-14-23(4-2)27(32)30-24-15-16-26(31-19-10-7-11-20-31)25(21-24)28(33)29-18-17-22-12-8-6-9-13-22/h6,8-9,12-13,15-16,21,23H,3-5,7,10-11,14,17-20H2,1-2H3,(H,29,33)(H,30,32). The van der Waals surface area contributed by atoms with Gasteiger partial charge in [0, 0.05) is 36.9 Å². The fourth-order valence-electron chi connectivity index (χ4n) is 4.48. The SMILES string of the molecule is CCCCC(CC)C(=O)Nc1ccc(N2CCCCC2)c(C(=O)NCCc2ccccc2)c1. The van der Waals surface area contributed by atoms with E-state index in [9.17, 15) is 9.59 Å². The first-order valence-electron chi connectivity index (χ1n) is 12.6. The molecule has 0 bridgehead atoms. The third kappa shape index (κ3) is 7.34. The molecular formula is C28H39N3O2. The van der Waals surface area contributed by atoms with Crippen LogP contribution in [0.4, 0.5) is 11.4 Å². The highest BCUT2D eigenvalue weighted by Crippen LogP contribution is 2.28. The summed E-state index contributed by atoms with van der Waals surface area (Å²) in [5.41, 5.74) is 3.50. The molecule has 0 radical (unpaired) electrons. The number of benzene rings is 2. The van der Waals surface area contributed by atoms with Crippen molar-refractivity contribution in [3.8, 4) is 0 Å². The second kappa shape index (κ2) is 13.0. The van der Waals surface area contributed by atoms with Gasteiger partial charge in [-0.1, -0.05) is 57.0 Å². The van der Waals surface area contributed by atoms with E-state index in [0.29, 0.717) is 17.8 Å².